The lowest BCUT2D eigenvalue weighted by atomic mass is 9.86. The Bertz CT molecular complexity index is 1770. The number of benzene rings is 6. The van der Waals surface area contributed by atoms with E-state index in [4.69, 9.17) is 4.74 Å². The van der Waals surface area contributed by atoms with Crippen molar-refractivity contribution in [2.45, 2.75) is 12.8 Å². The Morgan fingerprint density at radius 2 is 1.26 bits per heavy atom. The number of hydrogen-bond acceptors (Lipinski definition) is 1. The first-order valence-electron chi connectivity index (χ1n) is 12.2. The van der Waals surface area contributed by atoms with Crippen LogP contribution in [0.15, 0.2) is 121 Å². The van der Waals surface area contributed by atoms with Crippen LogP contribution in [0.2, 0.25) is 0 Å². The normalized spacial score (nSPS) is 13.1. The van der Waals surface area contributed by atoms with Crippen molar-refractivity contribution >= 4 is 37.9 Å². The van der Waals surface area contributed by atoms with E-state index < -0.39 is 0 Å². The summed E-state index contributed by atoms with van der Waals surface area (Å²) in [5.41, 5.74) is 5.42. The quantitative estimate of drug-likeness (QED) is 0.245. The molecule has 0 saturated heterocycles. The van der Waals surface area contributed by atoms with E-state index in [0.717, 1.165) is 29.7 Å². The molecule has 0 bridgehead atoms. The third-order valence-electron chi connectivity index (χ3n) is 7.17. The van der Waals surface area contributed by atoms with Gasteiger partial charge in [0.2, 0.25) is 0 Å². The van der Waals surface area contributed by atoms with E-state index in [1.807, 2.05) is 6.07 Å². The van der Waals surface area contributed by atoms with E-state index in [-0.39, 0.29) is 0 Å². The fraction of sp³-hybridized carbons (Fsp3) is 0.0588. The van der Waals surface area contributed by atoms with Crippen LogP contribution >= 0.6 is 0 Å². The SMILES string of the molecule is C1=C(c2ccc3ccc4ccc(Oc5cccc6ccccc56)cc4c3c2)c2ccccc2CC1. The zero-order chi connectivity index (χ0) is 23.2. The van der Waals surface area contributed by atoms with E-state index in [2.05, 4.69) is 115 Å². The lowest BCUT2D eigenvalue weighted by Crippen LogP contribution is -2.00. The maximum atomic E-state index is 6.43. The van der Waals surface area contributed by atoms with Crippen LogP contribution in [0, 0.1) is 0 Å². The number of allylic oxidation sites excluding steroid dienone is 1. The molecule has 0 N–H and O–H groups in total. The second kappa shape index (κ2) is 8.14. The first-order valence-corrected chi connectivity index (χ1v) is 12.2. The molecule has 0 atom stereocenters. The second-order valence-electron chi connectivity index (χ2n) is 9.28. The average molecular weight is 449 g/mol. The molecule has 0 aliphatic heterocycles. The van der Waals surface area contributed by atoms with Crippen LogP contribution in [-0.2, 0) is 6.42 Å². The molecule has 1 nitrogen and oxygen atoms in total. The van der Waals surface area contributed by atoms with Gasteiger partial charge in [-0.25, -0.2) is 0 Å². The molecule has 0 fully saturated rings. The number of aryl methyl sites for hydroxylation is 1. The number of fused-ring (bicyclic) bond motifs is 5. The molecule has 35 heavy (non-hydrogen) atoms. The van der Waals surface area contributed by atoms with Crippen molar-refractivity contribution < 1.29 is 4.74 Å². The third-order valence-corrected chi connectivity index (χ3v) is 7.17. The Balaban J connectivity index is 1.36. The van der Waals surface area contributed by atoms with Gasteiger partial charge in [-0.1, -0.05) is 97.1 Å². The molecule has 0 saturated carbocycles. The van der Waals surface area contributed by atoms with Crippen LogP contribution in [0.25, 0.3) is 37.9 Å². The van der Waals surface area contributed by atoms with E-state index in [1.54, 1.807) is 0 Å². The Labute approximate surface area is 204 Å². The summed E-state index contributed by atoms with van der Waals surface area (Å²) in [6, 6.07) is 41.1. The van der Waals surface area contributed by atoms with Crippen molar-refractivity contribution in [3.63, 3.8) is 0 Å². The maximum absolute atomic E-state index is 6.43. The largest absolute Gasteiger partial charge is 0.457 e. The molecule has 1 heteroatoms. The fourth-order valence-electron chi connectivity index (χ4n) is 5.43. The van der Waals surface area contributed by atoms with E-state index >= 15 is 0 Å². The highest BCUT2D eigenvalue weighted by Gasteiger charge is 2.14. The van der Waals surface area contributed by atoms with Gasteiger partial charge in [-0.15, -0.1) is 0 Å². The summed E-state index contributed by atoms with van der Waals surface area (Å²) in [6.45, 7) is 0. The Kier molecular flexibility index (Phi) is 4.67. The minimum absolute atomic E-state index is 0.856. The molecule has 0 amide bonds. The molecule has 1 aliphatic rings. The summed E-state index contributed by atoms with van der Waals surface area (Å²) >= 11 is 0. The predicted octanol–water partition coefficient (Wildman–Crippen LogP) is 9.32. The highest BCUT2D eigenvalue weighted by Crippen LogP contribution is 2.37. The van der Waals surface area contributed by atoms with Crippen molar-refractivity contribution in [2.24, 2.45) is 0 Å². The summed E-state index contributed by atoms with van der Waals surface area (Å²) in [5, 5.41) is 7.24. The van der Waals surface area contributed by atoms with Crippen LogP contribution in [-0.4, -0.2) is 0 Å². The van der Waals surface area contributed by atoms with Gasteiger partial charge in [-0.3, -0.25) is 0 Å². The highest BCUT2D eigenvalue weighted by molar-refractivity contribution is 6.09. The van der Waals surface area contributed by atoms with Gasteiger partial charge in [0.05, 0.1) is 0 Å². The van der Waals surface area contributed by atoms with Gasteiger partial charge in [0.15, 0.2) is 0 Å². The summed E-state index contributed by atoms with van der Waals surface area (Å²) in [4.78, 5) is 0. The minimum Gasteiger partial charge on any atom is -0.457 e. The van der Waals surface area contributed by atoms with Crippen molar-refractivity contribution in [1.29, 1.82) is 0 Å². The van der Waals surface area contributed by atoms with Gasteiger partial charge < -0.3 is 4.74 Å². The lowest BCUT2D eigenvalue weighted by molar-refractivity contribution is 0.489. The molecular weight excluding hydrogens is 424 g/mol. The van der Waals surface area contributed by atoms with Crippen molar-refractivity contribution in [3.05, 3.63) is 138 Å². The molecule has 1 aliphatic carbocycles. The van der Waals surface area contributed by atoms with Gasteiger partial charge in [0, 0.05) is 5.39 Å². The van der Waals surface area contributed by atoms with Gasteiger partial charge >= 0.3 is 0 Å². The van der Waals surface area contributed by atoms with Crippen molar-refractivity contribution in [2.75, 3.05) is 0 Å². The van der Waals surface area contributed by atoms with E-state index in [0.29, 0.717) is 0 Å². The van der Waals surface area contributed by atoms with E-state index in [9.17, 15) is 0 Å². The van der Waals surface area contributed by atoms with Gasteiger partial charge in [-0.2, -0.15) is 0 Å². The molecule has 6 aromatic rings. The van der Waals surface area contributed by atoms with Gasteiger partial charge in [0.25, 0.3) is 0 Å². The molecule has 0 aromatic heterocycles. The summed E-state index contributed by atoms with van der Waals surface area (Å²) in [5.74, 6) is 1.74. The molecule has 0 heterocycles. The molecule has 166 valence electrons. The van der Waals surface area contributed by atoms with Gasteiger partial charge in [0.1, 0.15) is 11.5 Å². The molecule has 0 unspecified atom stereocenters. The number of rotatable bonds is 3. The first kappa shape index (κ1) is 20.1. The molecular formula is C34H24O. The van der Waals surface area contributed by atoms with E-state index in [1.165, 1.54) is 49.2 Å². The topological polar surface area (TPSA) is 9.23 Å². The maximum Gasteiger partial charge on any atom is 0.135 e. The lowest BCUT2D eigenvalue weighted by Gasteiger charge is -2.18. The smallest absolute Gasteiger partial charge is 0.135 e. The van der Waals surface area contributed by atoms with Crippen LogP contribution in [0.5, 0.6) is 11.5 Å². The average Bonchev–Trinajstić information content (AvgIpc) is 2.92. The second-order valence-corrected chi connectivity index (χ2v) is 9.28. The Morgan fingerprint density at radius 3 is 2.20 bits per heavy atom. The van der Waals surface area contributed by atoms with Crippen LogP contribution in [0.1, 0.15) is 23.1 Å². The zero-order valence-electron chi connectivity index (χ0n) is 19.4. The molecule has 6 aromatic carbocycles. The monoisotopic (exact) mass is 448 g/mol. The van der Waals surface area contributed by atoms with Gasteiger partial charge in [-0.05, 0) is 86.3 Å². The minimum atomic E-state index is 0.856. The summed E-state index contributed by atoms with van der Waals surface area (Å²) < 4.78 is 6.43. The standard InChI is InChI=1S/C34H24O/c1-3-11-29-23(7-1)9-5-13-30(29)27-18-17-25-15-16-26-19-20-28(22-33(26)32(25)21-27)35-34-14-6-10-24-8-2-4-12-31(24)34/h1-4,6-8,10-22H,5,9H2. The zero-order valence-corrected chi connectivity index (χ0v) is 19.4. The van der Waals surface area contributed by atoms with Crippen LogP contribution in [0.4, 0.5) is 0 Å². The molecule has 0 radical (unpaired) electrons. The summed E-state index contributed by atoms with van der Waals surface area (Å²) in [6.07, 6.45) is 4.59. The molecule has 7 rings (SSSR count). The highest BCUT2D eigenvalue weighted by atomic mass is 16.5. The predicted molar refractivity (Wildman–Crippen MR) is 147 cm³/mol. The Hall–Kier alpha value is -4.36. The van der Waals surface area contributed by atoms with Crippen LogP contribution in [0.3, 0.4) is 0 Å². The summed E-state index contributed by atoms with van der Waals surface area (Å²) in [7, 11) is 0. The first-order chi connectivity index (χ1) is 17.3. The Morgan fingerprint density at radius 1 is 0.543 bits per heavy atom. The van der Waals surface area contributed by atoms with Crippen molar-refractivity contribution in [1.82, 2.24) is 0 Å². The third kappa shape index (κ3) is 3.48. The van der Waals surface area contributed by atoms with Crippen LogP contribution < -0.4 is 4.74 Å². The number of hydrogen-bond donors (Lipinski definition) is 0. The van der Waals surface area contributed by atoms with Crippen molar-refractivity contribution in [3.8, 4) is 11.5 Å². The fourth-order valence-corrected chi connectivity index (χ4v) is 5.43. The molecule has 0 spiro atoms. The number of ether oxygens (including phenoxy) is 1.